The van der Waals surface area contributed by atoms with Crippen LogP contribution in [0.15, 0.2) is 53.0 Å². The second kappa shape index (κ2) is 8.96. The van der Waals surface area contributed by atoms with Crippen molar-refractivity contribution in [2.45, 2.75) is 35.8 Å². The van der Waals surface area contributed by atoms with Gasteiger partial charge in [-0.2, -0.15) is 0 Å². The Bertz CT molecular complexity index is 793. The minimum absolute atomic E-state index is 0.259. The van der Waals surface area contributed by atoms with Crippen molar-refractivity contribution in [3.8, 4) is 5.69 Å². The molecule has 0 amide bonds. The average Bonchev–Trinajstić information content (AvgIpc) is 3.05. The highest BCUT2D eigenvalue weighted by molar-refractivity contribution is 7.99. The summed E-state index contributed by atoms with van der Waals surface area (Å²) in [6, 6.07) is 8.18. The zero-order valence-electron chi connectivity index (χ0n) is 13.8. The number of aromatic nitrogens is 5. The summed E-state index contributed by atoms with van der Waals surface area (Å²) in [5, 5.41) is 10.2. The first-order chi connectivity index (χ1) is 12.3. The number of hydrogen-bond acceptors (Lipinski definition) is 6. The van der Waals surface area contributed by atoms with Crippen LogP contribution in [0.5, 0.6) is 0 Å². The van der Waals surface area contributed by atoms with Crippen LogP contribution < -0.4 is 0 Å². The maximum Gasteiger partial charge on any atom is 0.195 e. The predicted molar refractivity (Wildman–Crippen MR) is 98.5 cm³/mol. The molecule has 0 atom stereocenters. The summed E-state index contributed by atoms with van der Waals surface area (Å²) in [6.07, 6.45) is 5.67. The molecule has 2 aromatic heterocycles. The van der Waals surface area contributed by atoms with Gasteiger partial charge in [0.15, 0.2) is 10.3 Å². The van der Waals surface area contributed by atoms with E-state index in [2.05, 4.69) is 27.1 Å². The molecule has 0 bridgehead atoms. The molecular weight excluding hydrogens is 357 g/mol. The van der Waals surface area contributed by atoms with E-state index in [4.69, 9.17) is 0 Å². The second-order valence-corrected chi connectivity index (χ2v) is 7.24. The van der Waals surface area contributed by atoms with Crippen LogP contribution in [-0.2, 0) is 5.75 Å². The van der Waals surface area contributed by atoms with Crippen molar-refractivity contribution in [2.24, 2.45) is 0 Å². The van der Waals surface area contributed by atoms with Crippen molar-refractivity contribution in [3.05, 3.63) is 54.4 Å². The van der Waals surface area contributed by atoms with Crippen LogP contribution in [0.25, 0.3) is 5.69 Å². The summed E-state index contributed by atoms with van der Waals surface area (Å²) >= 11 is 3.17. The molecule has 0 fully saturated rings. The fourth-order valence-electron chi connectivity index (χ4n) is 2.13. The topological polar surface area (TPSA) is 56.5 Å². The molecule has 0 N–H and O–H groups in total. The number of halogens is 1. The van der Waals surface area contributed by atoms with E-state index < -0.39 is 0 Å². The van der Waals surface area contributed by atoms with Crippen LogP contribution in [0.4, 0.5) is 4.39 Å². The number of thioether (sulfide) groups is 2. The van der Waals surface area contributed by atoms with E-state index >= 15 is 0 Å². The molecule has 5 nitrogen and oxygen atoms in total. The monoisotopic (exact) mass is 375 g/mol. The summed E-state index contributed by atoms with van der Waals surface area (Å²) in [5.41, 5.74) is 0.856. The largest absolute Gasteiger partial charge is 0.273 e. The molecule has 1 aromatic carbocycles. The van der Waals surface area contributed by atoms with E-state index in [9.17, 15) is 4.39 Å². The van der Waals surface area contributed by atoms with E-state index in [1.807, 2.05) is 4.57 Å². The van der Waals surface area contributed by atoms with Crippen molar-refractivity contribution < 1.29 is 4.39 Å². The zero-order valence-corrected chi connectivity index (χ0v) is 15.4. The van der Waals surface area contributed by atoms with Crippen molar-refractivity contribution in [1.29, 1.82) is 0 Å². The minimum atomic E-state index is -0.259. The lowest BCUT2D eigenvalue weighted by molar-refractivity contribution is 0.627. The van der Waals surface area contributed by atoms with E-state index in [0.717, 1.165) is 35.3 Å². The number of hydrogen-bond donors (Lipinski definition) is 0. The number of nitrogens with zero attached hydrogens (tertiary/aromatic N) is 5. The molecule has 0 saturated heterocycles. The Kier molecular flexibility index (Phi) is 6.41. The minimum Gasteiger partial charge on any atom is -0.273 e. The third kappa shape index (κ3) is 4.79. The Morgan fingerprint density at radius 2 is 1.80 bits per heavy atom. The lowest BCUT2D eigenvalue weighted by Crippen LogP contribution is -2.02. The highest BCUT2D eigenvalue weighted by Crippen LogP contribution is 2.26. The highest BCUT2D eigenvalue weighted by Gasteiger charge is 2.15. The van der Waals surface area contributed by atoms with Crippen molar-refractivity contribution >= 4 is 23.5 Å². The van der Waals surface area contributed by atoms with Crippen LogP contribution in [0, 0.1) is 5.82 Å². The van der Waals surface area contributed by atoms with Gasteiger partial charge >= 0.3 is 0 Å². The second-order valence-electron chi connectivity index (χ2n) is 5.23. The van der Waals surface area contributed by atoms with Gasteiger partial charge in [-0.3, -0.25) is 4.57 Å². The first-order valence-electron chi connectivity index (χ1n) is 8.00. The maximum atomic E-state index is 13.3. The lowest BCUT2D eigenvalue weighted by Gasteiger charge is -2.10. The molecule has 8 heteroatoms. The van der Waals surface area contributed by atoms with Gasteiger partial charge in [-0.1, -0.05) is 36.9 Å². The fourth-order valence-corrected chi connectivity index (χ4v) is 3.90. The van der Waals surface area contributed by atoms with Gasteiger partial charge in [0.25, 0.3) is 0 Å². The molecule has 0 aliphatic carbocycles. The number of rotatable bonds is 8. The van der Waals surface area contributed by atoms with Crippen LogP contribution in [-0.4, -0.2) is 30.5 Å². The number of benzene rings is 1. The van der Waals surface area contributed by atoms with Crippen LogP contribution in [0.2, 0.25) is 0 Å². The first kappa shape index (κ1) is 17.9. The van der Waals surface area contributed by atoms with Gasteiger partial charge in [0.1, 0.15) is 11.6 Å². The molecule has 3 aromatic rings. The molecular formula is C17H18FN5S2. The van der Waals surface area contributed by atoms with E-state index in [1.165, 1.54) is 23.9 Å². The summed E-state index contributed by atoms with van der Waals surface area (Å²) in [5.74, 6) is 2.10. The SMILES string of the molecule is CCCCSc1nnc(CSc2ncccn2)n1-c1ccc(F)cc1. The average molecular weight is 375 g/mol. The molecule has 0 spiro atoms. The molecule has 0 aliphatic heterocycles. The normalized spacial score (nSPS) is 11.0. The van der Waals surface area contributed by atoms with Gasteiger partial charge in [0, 0.05) is 23.8 Å². The quantitative estimate of drug-likeness (QED) is 0.331. The van der Waals surface area contributed by atoms with Gasteiger partial charge < -0.3 is 0 Å². The van der Waals surface area contributed by atoms with E-state index in [0.29, 0.717) is 10.9 Å². The van der Waals surface area contributed by atoms with Crippen molar-refractivity contribution in [3.63, 3.8) is 0 Å². The molecule has 130 valence electrons. The van der Waals surface area contributed by atoms with E-state index in [1.54, 1.807) is 42.4 Å². The Morgan fingerprint density at radius 3 is 2.52 bits per heavy atom. The summed E-state index contributed by atoms with van der Waals surface area (Å²) in [7, 11) is 0. The molecule has 3 rings (SSSR count). The van der Waals surface area contributed by atoms with E-state index in [-0.39, 0.29) is 5.82 Å². The molecule has 0 radical (unpaired) electrons. The van der Waals surface area contributed by atoms with Crippen molar-refractivity contribution in [2.75, 3.05) is 5.75 Å². The molecule has 0 saturated carbocycles. The lowest BCUT2D eigenvalue weighted by atomic mass is 10.3. The molecule has 0 aliphatic rings. The van der Waals surface area contributed by atoms with Gasteiger partial charge in [-0.25, -0.2) is 14.4 Å². The molecule has 2 heterocycles. The smallest absolute Gasteiger partial charge is 0.195 e. The third-order valence-corrected chi connectivity index (χ3v) is 5.27. The summed E-state index contributed by atoms with van der Waals surface area (Å²) in [6.45, 7) is 2.16. The Labute approximate surface area is 154 Å². The Balaban J connectivity index is 1.84. The highest BCUT2D eigenvalue weighted by atomic mass is 32.2. The summed E-state index contributed by atoms with van der Waals surface area (Å²) in [4.78, 5) is 8.43. The Morgan fingerprint density at radius 1 is 1.04 bits per heavy atom. The summed E-state index contributed by atoms with van der Waals surface area (Å²) < 4.78 is 15.3. The van der Waals surface area contributed by atoms with Gasteiger partial charge in [-0.15, -0.1) is 10.2 Å². The zero-order chi connectivity index (χ0) is 17.5. The maximum absolute atomic E-state index is 13.3. The molecule has 0 unspecified atom stereocenters. The Hall–Kier alpha value is -1.93. The van der Waals surface area contributed by atoms with Gasteiger partial charge in [0.05, 0.1) is 5.75 Å². The molecule has 25 heavy (non-hydrogen) atoms. The first-order valence-corrected chi connectivity index (χ1v) is 9.98. The van der Waals surface area contributed by atoms with Gasteiger partial charge in [0.2, 0.25) is 0 Å². The van der Waals surface area contributed by atoms with Crippen LogP contribution in [0.3, 0.4) is 0 Å². The fraction of sp³-hybridized carbons (Fsp3) is 0.294. The van der Waals surface area contributed by atoms with Gasteiger partial charge in [-0.05, 0) is 36.8 Å². The van der Waals surface area contributed by atoms with Crippen LogP contribution >= 0.6 is 23.5 Å². The van der Waals surface area contributed by atoms with Crippen molar-refractivity contribution in [1.82, 2.24) is 24.7 Å². The van der Waals surface area contributed by atoms with Crippen LogP contribution in [0.1, 0.15) is 25.6 Å². The predicted octanol–water partition coefficient (Wildman–Crippen LogP) is 4.38. The standard InChI is InChI=1S/C17H18FN5S2/c1-2-3-11-24-17-22-21-15(12-25-16-19-9-4-10-20-16)23(17)14-7-5-13(18)6-8-14/h4-10H,2-3,11-12H2,1H3. The third-order valence-electron chi connectivity index (χ3n) is 3.39. The number of unbranched alkanes of at least 4 members (excludes halogenated alkanes) is 1.